The predicted molar refractivity (Wildman–Crippen MR) is 151 cm³/mol. The summed E-state index contributed by atoms with van der Waals surface area (Å²) in [6, 6.07) is 21.9. The van der Waals surface area contributed by atoms with E-state index in [9.17, 15) is 18.4 Å². The van der Waals surface area contributed by atoms with E-state index in [0.717, 1.165) is 5.56 Å². The summed E-state index contributed by atoms with van der Waals surface area (Å²) in [6.07, 6.45) is -0.0834. The number of methoxy groups -OCH3 is 2. The maximum atomic E-state index is 12.9. The Hall–Kier alpha value is -4.82. The number of rotatable bonds is 16. The van der Waals surface area contributed by atoms with Crippen molar-refractivity contribution in [1.82, 2.24) is 10.5 Å². The van der Waals surface area contributed by atoms with E-state index >= 15 is 0 Å². The molecule has 1 unspecified atom stereocenters. The first-order valence-corrected chi connectivity index (χ1v) is 14.6. The van der Waals surface area contributed by atoms with Gasteiger partial charge in [-0.25, -0.2) is 13.2 Å². The second kappa shape index (κ2) is 14.9. The minimum atomic E-state index is -4.34. The van der Waals surface area contributed by atoms with Crippen LogP contribution >= 0.6 is 0 Å². The first kappa shape index (κ1) is 31.1. The normalized spacial score (nSPS) is 11.9. The van der Waals surface area contributed by atoms with Crippen LogP contribution in [0.15, 0.2) is 93.4 Å². The van der Waals surface area contributed by atoms with Crippen molar-refractivity contribution in [2.45, 2.75) is 22.4 Å². The summed E-state index contributed by atoms with van der Waals surface area (Å²) in [4.78, 5) is 12.2. The Labute approximate surface area is 248 Å². The minimum Gasteiger partial charge on any atom is -0.493 e. The second-order valence-electron chi connectivity index (χ2n) is 9.02. The monoisotopic (exact) mass is 613 g/mol. The average molecular weight is 614 g/mol. The zero-order valence-electron chi connectivity index (χ0n) is 23.5. The van der Waals surface area contributed by atoms with Crippen LogP contribution in [-0.4, -0.2) is 66.2 Å². The Kier molecular flexibility index (Phi) is 10.8. The number of nitrogens with zero attached hydrogens (tertiary/aromatic N) is 2. The molecule has 228 valence electrons. The lowest BCUT2D eigenvalue weighted by Gasteiger charge is -2.19. The molecule has 14 heteroatoms. The first-order chi connectivity index (χ1) is 20.8. The molecule has 0 aliphatic rings. The van der Waals surface area contributed by atoms with Gasteiger partial charge in [0.15, 0.2) is 18.1 Å². The summed E-state index contributed by atoms with van der Waals surface area (Å²) >= 11 is 0. The van der Waals surface area contributed by atoms with E-state index in [0.29, 0.717) is 30.2 Å². The molecule has 0 bridgehead atoms. The van der Waals surface area contributed by atoms with Crippen LogP contribution in [0.25, 0.3) is 0 Å². The maximum Gasteiger partial charge on any atom is 0.415 e. The summed E-state index contributed by atoms with van der Waals surface area (Å²) in [7, 11) is -1.20. The molecule has 1 heterocycles. The smallest absolute Gasteiger partial charge is 0.415 e. The number of aromatic nitrogens is 2. The number of esters is 1. The second-order valence-corrected chi connectivity index (χ2v) is 10.9. The molecule has 0 amide bonds. The van der Waals surface area contributed by atoms with Gasteiger partial charge in [-0.15, -0.1) is 0 Å². The number of carbonyl (C=O) groups is 1. The number of sulfone groups is 1. The number of ether oxygens (including phenoxy) is 5. The molecule has 43 heavy (non-hydrogen) atoms. The van der Waals surface area contributed by atoms with Gasteiger partial charge in [0.05, 0.1) is 24.3 Å². The molecule has 4 rings (SSSR count). The molecule has 1 aromatic heterocycles. The molecule has 0 saturated heterocycles. The highest BCUT2D eigenvalue weighted by molar-refractivity contribution is 7.91. The standard InChI is InChI=1S/C29H31N3O10S/c1-37-25-14-13-21(17-26(25)38-2)15-16-30-18-23(19-39-22-9-5-3-6-10-22)41-27(33)20-40-28-29(32(34)42-31-28)43(35,36)24-11-7-4-8-12-24/h3-14,17,23,30H,15-16,18-20H2,1-2H3. The van der Waals surface area contributed by atoms with E-state index < -0.39 is 39.4 Å². The van der Waals surface area contributed by atoms with Crippen molar-refractivity contribution in [1.29, 1.82) is 0 Å². The Morgan fingerprint density at radius 1 is 0.977 bits per heavy atom. The van der Waals surface area contributed by atoms with Crippen LogP contribution < -0.4 is 29.2 Å². The molecule has 13 nitrogen and oxygen atoms in total. The van der Waals surface area contributed by atoms with Crippen molar-refractivity contribution < 1.29 is 46.4 Å². The van der Waals surface area contributed by atoms with Gasteiger partial charge in [-0.2, -0.15) is 0 Å². The van der Waals surface area contributed by atoms with Gasteiger partial charge < -0.3 is 34.2 Å². The molecule has 1 N–H and O–H groups in total. The molecule has 1 atom stereocenters. The molecule has 3 aromatic carbocycles. The Morgan fingerprint density at radius 3 is 2.37 bits per heavy atom. The highest BCUT2D eigenvalue weighted by Crippen LogP contribution is 2.28. The van der Waals surface area contributed by atoms with Gasteiger partial charge in [0.25, 0.3) is 9.84 Å². The fourth-order valence-electron chi connectivity index (χ4n) is 3.96. The van der Waals surface area contributed by atoms with Gasteiger partial charge in [-0.05, 0) is 59.8 Å². The zero-order chi connectivity index (χ0) is 30.7. The molecule has 0 aliphatic heterocycles. The van der Waals surface area contributed by atoms with Crippen molar-refractivity contribution in [3.05, 3.63) is 89.6 Å². The number of hydrogen-bond acceptors (Lipinski definition) is 12. The lowest BCUT2D eigenvalue weighted by Crippen LogP contribution is -2.37. The molecule has 0 spiro atoms. The summed E-state index contributed by atoms with van der Waals surface area (Å²) in [6.45, 7) is 0.0765. The van der Waals surface area contributed by atoms with Crippen LogP contribution in [0.4, 0.5) is 0 Å². The van der Waals surface area contributed by atoms with Crippen LogP contribution in [0, 0.1) is 5.21 Å². The van der Waals surface area contributed by atoms with Crippen molar-refractivity contribution in [2.24, 2.45) is 0 Å². The summed E-state index contributed by atoms with van der Waals surface area (Å²) in [5.41, 5.74) is 1.01. The lowest BCUT2D eigenvalue weighted by atomic mass is 10.1. The van der Waals surface area contributed by atoms with E-state index in [1.54, 1.807) is 32.4 Å². The van der Waals surface area contributed by atoms with E-state index in [1.165, 1.54) is 24.3 Å². The molecular weight excluding hydrogens is 582 g/mol. The number of hydrogen-bond donors (Lipinski definition) is 1. The van der Waals surface area contributed by atoms with Gasteiger partial charge in [-0.1, -0.05) is 42.5 Å². The SMILES string of the molecule is COc1ccc(CCNCC(COc2ccccc2)OC(=O)COc2no[n+]([O-])c2S(=O)(=O)c2ccccc2)cc1OC. The summed E-state index contributed by atoms with van der Waals surface area (Å²) in [5.74, 6) is 0.334. The van der Waals surface area contributed by atoms with Gasteiger partial charge >= 0.3 is 16.9 Å². The van der Waals surface area contributed by atoms with Gasteiger partial charge in [0, 0.05) is 6.54 Å². The summed E-state index contributed by atoms with van der Waals surface area (Å²) < 4.78 is 57.5. The molecule has 0 fully saturated rings. The summed E-state index contributed by atoms with van der Waals surface area (Å²) in [5, 5.41) is 17.8. The fourth-order valence-corrected chi connectivity index (χ4v) is 5.25. The Balaban J connectivity index is 1.36. The number of nitrogens with one attached hydrogen (secondary N) is 1. The first-order valence-electron chi connectivity index (χ1n) is 13.1. The van der Waals surface area contributed by atoms with Crippen molar-refractivity contribution in [2.75, 3.05) is 40.5 Å². The van der Waals surface area contributed by atoms with Crippen molar-refractivity contribution in [3.63, 3.8) is 0 Å². The molecule has 0 aliphatic carbocycles. The number of benzene rings is 3. The third-order valence-electron chi connectivity index (χ3n) is 6.07. The third kappa shape index (κ3) is 8.36. The van der Waals surface area contributed by atoms with Crippen LogP contribution in [0.3, 0.4) is 0 Å². The average Bonchev–Trinajstić information content (AvgIpc) is 3.42. The topological polar surface area (TPSA) is 162 Å². The zero-order valence-corrected chi connectivity index (χ0v) is 24.3. The fraction of sp³-hybridized carbons (Fsp3) is 0.276. The van der Waals surface area contributed by atoms with Crippen LogP contribution in [0.1, 0.15) is 5.56 Å². The van der Waals surface area contributed by atoms with Crippen molar-refractivity contribution in [3.8, 4) is 23.1 Å². The van der Waals surface area contributed by atoms with E-state index in [-0.39, 0.29) is 23.0 Å². The molecule has 0 saturated carbocycles. The number of carbonyl (C=O) groups excluding carboxylic acids is 1. The van der Waals surface area contributed by atoms with E-state index in [2.05, 4.69) is 15.1 Å². The highest BCUT2D eigenvalue weighted by atomic mass is 32.2. The maximum absolute atomic E-state index is 12.9. The van der Waals surface area contributed by atoms with E-state index in [1.807, 2.05) is 36.4 Å². The van der Waals surface area contributed by atoms with Gasteiger partial charge in [0.1, 0.15) is 18.5 Å². The van der Waals surface area contributed by atoms with Crippen LogP contribution in [0.2, 0.25) is 0 Å². The minimum absolute atomic E-state index is 0.0251. The van der Waals surface area contributed by atoms with Gasteiger partial charge in [-0.3, -0.25) is 4.63 Å². The van der Waals surface area contributed by atoms with Gasteiger partial charge in [0.2, 0.25) is 0 Å². The largest absolute Gasteiger partial charge is 0.493 e. The molecule has 4 aromatic rings. The number of para-hydroxylation sites is 1. The highest BCUT2D eigenvalue weighted by Gasteiger charge is 2.36. The van der Waals surface area contributed by atoms with Crippen LogP contribution in [0.5, 0.6) is 23.1 Å². The lowest BCUT2D eigenvalue weighted by molar-refractivity contribution is -0.832. The Morgan fingerprint density at radius 2 is 1.67 bits per heavy atom. The third-order valence-corrected chi connectivity index (χ3v) is 7.79. The van der Waals surface area contributed by atoms with Crippen LogP contribution in [-0.2, 0) is 25.8 Å². The molecule has 0 radical (unpaired) electrons. The Bertz CT molecular complexity index is 1580. The molecular formula is C29H31N3O10S. The van der Waals surface area contributed by atoms with E-state index in [4.69, 9.17) is 23.7 Å². The predicted octanol–water partition coefficient (Wildman–Crippen LogP) is 2.36. The quantitative estimate of drug-likeness (QED) is 0.112. The van der Waals surface area contributed by atoms with Crippen molar-refractivity contribution >= 4 is 15.8 Å².